The molecule has 1 saturated heterocycles. The molecule has 2 rings (SSSR count). The van der Waals surface area contributed by atoms with Crippen LogP contribution in [-0.2, 0) is 6.54 Å². The second-order valence-corrected chi connectivity index (χ2v) is 6.50. The van der Waals surface area contributed by atoms with Gasteiger partial charge in [0, 0.05) is 31.1 Å². The third-order valence-corrected chi connectivity index (χ3v) is 5.17. The van der Waals surface area contributed by atoms with Crippen molar-refractivity contribution in [3.63, 3.8) is 0 Å². The Labute approximate surface area is 120 Å². The maximum atomic E-state index is 4.72. The summed E-state index contributed by atoms with van der Waals surface area (Å²) in [7, 11) is 4.40. The van der Waals surface area contributed by atoms with Crippen LogP contribution in [0.1, 0.15) is 30.3 Å². The predicted octanol–water partition coefficient (Wildman–Crippen LogP) is 2.09. The van der Waals surface area contributed by atoms with Gasteiger partial charge in [-0.1, -0.05) is 6.92 Å². The first kappa shape index (κ1) is 14.8. The van der Waals surface area contributed by atoms with Gasteiger partial charge in [0.2, 0.25) is 0 Å². The minimum absolute atomic E-state index is 0.687. The van der Waals surface area contributed by atoms with E-state index in [0.717, 1.165) is 24.8 Å². The minimum Gasteiger partial charge on any atom is -0.350 e. The van der Waals surface area contributed by atoms with Crippen molar-refractivity contribution in [1.82, 2.24) is 15.2 Å². The summed E-state index contributed by atoms with van der Waals surface area (Å²) < 4.78 is 0. The molecular formula is C14H26N4S. The number of hydrogen-bond acceptors (Lipinski definition) is 5. The summed E-state index contributed by atoms with van der Waals surface area (Å²) in [6.45, 7) is 8.53. The van der Waals surface area contributed by atoms with Crippen LogP contribution in [0.3, 0.4) is 0 Å². The first-order valence-electron chi connectivity index (χ1n) is 7.20. The summed E-state index contributed by atoms with van der Waals surface area (Å²) in [4.78, 5) is 10.9. The number of aromatic nitrogens is 1. The van der Waals surface area contributed by atoms with Gasteiger partial charge in [0.1, 0.15) is 0 Å². The first-order valence-corrected chi connectivity index (χ1v) is 8.01. The second kappa shape index (κ2) is 6.68. The van der Waals surface area contributed by atoms with Crippen LogP contribution in [0, 0.1) is 6.92 Å². The molecule has 0 aliphatic carbocycles. The summed E-state index contributed by atoms with van der Waals surface area (Å²) in [5.41, 5.74) is 1.17. The van der Waals surface area contributed by atoms with Crippen LogP contribution in [0.15, 0.2) is 0 Å². The smallest absolute Gasteiger partial charge is 0.185 e. The third-order valence-electron chi connectivity index (χ3n) is 3.90. The van der Waals surface area contributed by atoms with Gasteiger partial charge in [-0.3, -0.25) is 0 Å². The van der Waals surface area contributed by atoms with Crippen LogP contribution in [0.5, 0.6) is 0 Å². The van der Waals surface area contributed by atoms with E-state index in [9.17, 15) is 0 Å². The number of rotatable bonds is 6. The van der Waals surface area contributed by atoms with E-state index in [4.69, 9.17) is 4.98 Å². The summed E-state index contributed by atoms with van der Waals surface area (Å²) in [5, 5.41) is 4.54. The number of likely N-dealkylation sites (tertiary alicyclic amines) is 1. The fourth-order valence-corrected chi connectivity index (χ4v) is 3.58. The molecule has 0 bridgehead atoms. The van der Waals surface area contributed by atoms with E-state index in [1.807, 2.05) is 11.3 Å². The average Bonchev–Trinajstić information content (AvgIpc) is 2.94. The summed E-state index contributed by atoms with van der Waals surface area (Å²) in [6.07, 6.45) is 2.65. The van der Waals surface area contributed by atoms with Crippen LogP contribution in [0.4, 0.5) is 5.13 Å². The molecular weight excluding hydrogens is 256 g/mol. The monoisotopic (exact) mass is 282 g/mol. The topological polar surface area (TPSA) is 31.4 Å². The molecule has 108 valence electrons. The molecule has 1 aromatic rings. The lowest BCUT2D eigenvalue weighted by Gasteiger charge is -2.25. The highest BCUT2D eigenvalue weighted by atomic mass is 32.1. The number of nitrogens with zero attached hydrogens (tertiary/aromatic N) is 3. The molecule has 0 amide bonds. The Morgan fingerprint density at radius 1 is 1.53 bits per heavy atom. The first-order chi connectivity index (χ1) is 9.11. The van der Waals surface area contributed by atoms with Crippen LogP contribution >= 0.6 is 11.3 Å². The lowest BCUT2D eigenvalue weighted by molar-refractivity contribution is 0.314. The van der Waals surface area contributed by atoms with Crippen LogP contribution in [0.2, 0.25) is 0 Å². The van der Waals surface area contributed by atoms with Gasteiger partial charge >= 0.3 is 0 Å². The molecule has 2 heterocycles. The Balaban J connectivity index is 1.96. The molecule has 1 unspecified atom stereocenters. The van der Waals surface area contributed by atoms with Gasteiger partial charge in [-0.2, -0.15) is 0 Å². The SMILES string of the molecule is CCNCc1sc(N(C)CC2CCCN2C)nc1C. The van der Waals surface area contributed by atoms with Crippen molar-refractivity contribution in [3.05, 3.63) is 10.6 Å². The second-order valence-electron chi connectivity index (χ2n) is 5.44. The van der Waals surface area contributed by atoms with E-state index >= 15 is 0 Å². The molecule has 4 nitrogen and oxygen atoms in total. The third kappa shape index (κ3) is 3.68. The lowest BCUT2D eigenvalue weighted by atomic mass is 10.2. The Hall–Kier alpha value is -0.650. The van der Waals surface area contributed by atoms with Gasteiger partial charge in [0.25, 0.3) is 0 Å². The van der Waals surface area contributed by atoms with Crippen LogP contribution < -0.4 is 10.2 Å². The molecule has 1 aliphatic heterocycles. The summed E-state index contributed by atoms with van der Waals surface area (Å²) >= 11 is 1.83. The zero-order valence-electron chi connectivity index (χ0n) is 12.6. The Kier molecular flexibility index (Phi) is 5.19. The number of aryl methyl sites for hydroxylation is 1. The van der Waals surface area contributed by atoms with E-state index in [1.54, 1.807) is 0 Å². The number of nitrogens with one attached hydrogen (secondary N) is 1. The molecule has 0 aromatic carbocycles. The highest BCUT2D eigenvalue weighted by Gasteiger charge is 2.23. The number of hydrogen-bond donors (Lipinski definition) is 1. The van der Waals surface area contributed by atoms with Crippen molar-refractivity contribution in [2.45, 2.75) is 39.3 Å². The lowest BCUT2D eigenvalue weighted by Crippen LogP contribution is -2.36. The zero-order valence-corrected chi connectivity index (χ0v) is 13.4. The van der Waals surface area contributed by atoms with Gasteiger partial charge in [-0.25, -0.2) is 4.98 Å². The van der Waals surface area contributed by atoms with Gasteiger partial charge in [0.15, 0.2) is 5.13 Å². The average molecular weight is 282 g/mol. The molecule has 19 heavy (non-hydrogen) atoms. The molecule has 5 heteroatoms. The summed E-state index contributed by atoms with van der Waals surface area (Å²) in [5.74, 6) is 0. The Morgan fingerprint density at radius 3 is 2.95 bits per heavy atom. The van der Waals surface area contributed by atoms with Crippen molar-refractivity contribution in [3.8, 4) is 0 Å². The molecule has 1 atom stereocenters. The van der Waals surface area contributed by atoms with Crippen molar-refractivity contribution in [2.24, 2.45) is 0 Å². The van der Waals surface area contributed by atoms with Gasteiger partial charge in [-0.05, 0) is 39.9 Å². The molecule has 1 N–H and O–H groups in total. The summed E-state index contributed by atoms with van der Waals surface area (Å²) in [6, 6.07) is 0.687. The molecule has 1 aromatic heterocycles. The van der Waals surface area contributed by atoms with Crippen molar-refractivity contribution in [1.29, 1.82) is 0 Å². The minimum atomic E-state index is 0.687. The van der Waals surface area contributed by atoms with Crippen LogP contribution in [-0.4, -0.2) is 49.7 Å². The maximum Gasteiger partial charge on any atom is 0.185 e. The number of thiazole rings is 1. The fraction of sp³-hybridized carbons (Fsp3) is 0.786. The predicted molar refractivity (Wildman–Crippen MR) is 83.2 cm³/mol. The van der Waals surface area contributed by atoms with Crippen LogP contribution in [0.25, 0.3) is 0 Å². The largest absolute Gasteiger partial charge is 0.350 e. The van der Waals surface area contributed by atoms with Gasteiger partial charge < -0.3 is 15.1 Å². The Bertz CT molecular complexity index is 404. The molecule has 0 saturated carbocycles. The highest BCUT2D eigenvalue weighted by molar-refractivity contribution is 7.15. The van der Waals surface area contributed by atoms with Crippen molar-refractivity contribution < 1.29 is 0 Å². The van der Waals surface area contributed by atoms with E-state index < -0.39 is 0 Å². The normalized spacial score (nSPS) is 20.1. The number of likely N-dealkylation sites (N-methyl/N-ethyl adjacent to an activating group) is 2. The molecule has 0 spiro atoms. The van der Waals surface area contributed by atoms with Gasteiger partial charge in [-0.15, -0.1) is 11.3 Å². The standard InChI is InChI=1S/C14H26N4S/c1-5-15-9-13-11(2)16-14(19-13)18(4)10-12-7-6-8-17(12)3/h12,15H,5-10H2,1-4H3. The molecule has 1 aliphatic rings. The van der Waals surface area contributed by atoms with Crippen molar-refractivity contribution in [2.75, 3.05) is 38.6 Å². The van der Waals surface area contributed by atoms with E-state index in [0.29, 0.717) is 6.04 Å². The molecule has 0 radical (unpaired) electrons. The van der Waals surface area contributed by atoms with Crippen molar-refractivity contribution >= 4 is 16.5 Å². The quantitative estimate of drug-likeness (QED) is 0.866. The van der Waals surface area contributed by atoms with E-state index in [-0.39, 0.29) is 0 Å². The Morgan fingerprint density at radius 2 is 2.32 bits per heavy atom. The maximum absolute atomic E-state index is 4.72. The fourth-order valence-electron chi connectivity index (χ4n) is 2.58. The number of anilines is 1. The highest BCUT2D eigenvalue weighted by Crippen LogP contribution is 2.26. The van der Waals surface area contributed by atoms with Gasteiger partial charge in [0.05, 0.1) is 5.69 Å². The zero-order chi connectivity index (χ0) is 13.8. The van der Waals surface area contributed by atoms with E-state index in [1.165, 1.54) is 30.0 Å². The van der Waals surface area contributed by atoms with E-state index in [2.05, 4.69) is 43.1 Å². The molecule has 1 fully saturated rings.